The molecule has 2 aromatic heterocycles. The molecule has 3 unspecified atom stereocenters. The summed E-state index contributed by atoms with van der Waals surface area (Å²) in [4.78, 5) is 12.0. The van der Waals surface area contributed by atoms with Crippen LogP contribution < -0.4 is 9.64 Å². The number of anilines is 2. The Balaban J connectivity index is 1.25. The van der Waals surface area contributed by atoms with Crippen LogP contribution in [-0.2, 0) is 5.41 Å². The van der Waals surface area contributed by atoms with Gasteiger partial charge in [-0.15, -0.1) is 0 Å². The van der Waals surface area contributed by atoms with Gasteiger partial charge in [0.05, 0.1) is 22.8 Å². The van der Waals surface area contributed by atoms with Crippen molar-refractivity contribution in [3.8, 4) is 5.75 Å². The molecule has 0 fully saturated rings. The Bertz CT molecular complexity index is 1920. The molecule has 0 saturated heterocycles. The number of aromatic nitrogens is 3. The van der Waals surface area contributed by atoms with E-state index in [1.54, 1.807) is 0 Å². The Labute approximate surface area is 267 Å². The first kappa shape index (κ1) is 29.3. The van der Waals surface area contributed by atoms with E-state index in [2.05, 4.69) is 144 Å². The Morgan fingerprint density at radius 3 is 2.40 bits per heavy atom. The first-order valence-electron chi connectivity index (χ1n) is 16.2. The van der Waals surface area contributed by atoms with Crippen LogP contribution in [0.5, 0.6) is 5.75 Å². The molecule has 4 aromatic rings. The van der Waals surface area contributed by atoms with Crippen LogP contribution in [0.15, 0.2) is 97.0 Å². The maximum absolute atomic E-state index is 6.87. The lowest BCUT2D eigenvalue weighted by molar-refractivity contribution is 0.249. The van der Waals surface area contributed by atoms with Gasteiger partial charge in [-0.2, -0.15) is 0 Å². The average molecular weight is 597 g/mol. The second-order valence-electron chi connectivity index (χ2n) is 14.9. The molecule has 5 nitrogen and oxygen atoms in total. The number of aryl methyl sites for hydroxylation is 2. The van der Waals surface area contributed by atoms with E-state index in [0.717, 1.165) is 34.7 Å². The van der Waals surface area contributed by atoms with Gasteiger partial charge in [-0.1, -0.05) is 71.9 Å². The fourth-order valence-corrected chi connectivity index (χ4v) is 6.80. The number of ether oxygens (including phenoxy) is 1. The number of pyridine rings is 1. The SMILES string of the molecule is Cc1cc2ncn(C3=CC(C(C)(C)C)=CC(Oc4ccc5c(c4)N(c4cc(C(C)(C)C)ccn4)C4C=CC=CC54)C3)c2cc1C. The largest absolute Gasteiger partial charge is 0.486 e. The maximum atomic E-state index is 6.87. The molecular formula is C40H44N4O. The molecule has 45 heavy (non-hydrogen) atoms. The van der Waals surface area contributed by atoms with Crippen molar-refractivity contribution in [2.45, 2.75) is 85.3 Å². The molecule has 3 atom stereocenters. The van der Waals surface area contributed by atoms with Crippen molar-refractivity contribution in [3.63, 3.8) is 0 Å². The Kier molecular flexibility index (Phi) is 6.92. The van der Waals surface area contributed by atoms with Crippen LogP contribution in [-0.4, -0.2) is 26.7 Å². The molecular weight excluding hydrogens is 552 g/mol. The third kappa shape index (κ3) is 5.32. The van der Waals surface area contributed by atoms with Crippen LogP contribution >= 0.6 is 0 Å². The first-order chi connectivity index (χ1) is 21.4. The van der Waals surface area contributed by atoms with Crippen molar-refractivity contribution < 1.29 is 4.74 Å². The fourth-order valence-electron chi connectivity index (χ4n) is 6.80. The minimum atomic E-state index is -0.111. The number of nitrogens with zero attached hydrogens (tertiary/aromatic N) is 4. The smallest absolute Gasteiger partial charge is 0.133 e. The standard InChI is InChI=1S/C40H44N4O/c1-25-17-34-37(18-26(25)2)43(24-42-34)29-19-28(40(6,7)8)20-31(22-29)45-30-13-14-33-32-11-9-10-12-35(32)44(36(33)23-30)38-21-27(15-16-41-38)39(3,4)5/h9-21,23-24,31-32,35H,22H2,1-8H3. The lowest BCUT2D eigenvalue weighted by atomic mass is 9.82. The molecule has 230 valence electrons. The average Bonchev–Trinajstić information content (AvgIpc) is 3.54. The van der Waals surface area contributed by atoms with E-state index in [1.165, 1.54) is 33.5 Å². The summed E-state index contributed by atoms with van der Waals surface area (Å²) in [7, 11) is 0. The van der Waals surface area contributed by atoms with Crippen LogP contribution in [0.2, 0.25) is 0 Å². The highest BCUT2D eigenvalue weighted by Gasteiger charge is 2.39. The van der Waals surface area contributed by atoms with Crippen LogP contribution in [0, 0.1) is 19.3 Å². The molecule has 3 heterocycles. The lowest BCUT2D eigenvalue weighted by Gasteiger charge is -2.30. The minimum absolute atomic E-state index is 0.0248. The van der Waals surface area contributed by atoms with Gasteiger partial charge < -0.3 is 14.2 Å². The van der Waals surface area contributed by atoms with Gasteiger partial charge in [0.15, 0.2) is 0 Å². The molecule has 3 aliphatic rings. The topological polar surface area (TPSA) is 43.2 Å². The molecule has 0 saturated carbocycles. The van der Waals surface area contributed by atoms with Crippen molar-refractivity contribution in [2.75, 3.05) is 4.90 Å². The molecule has 7 rings (SSSR count). The number of benzene rings is 2. The van der Waals surface area contributed by atoms with E-state index in [4.69, 9.17) is 14.7 Å². The molecule has 1 aliphatic heterocycles. The van der Waals surface area contributed by atoms with Crippen molar-refractivity contribution >= 4 is 28.2 Å². The normalized spacial score (nSPS) is 21.1. The molecule has 0 N–H and O–H groups in total. The van der Waals surface area contributed by atoms with Crippen molar-refractivity contribution in [1.82, 2.24) is 14.5 Å². The third-order valence-corrected chi connectivity index (χ3v) is 9.61. The summed E-state index contributed by atoms with van der Waals surface area (Å²) in [5.74, 6) is 2.12. The van der Waals surface area contributed by atoms with Gasteiger partial charge in [0.1, 0.15) is 24.0 Å². The third-order valence-electron chi connectivity index (χ3n) is 9.61. The molecule has 2 aliphatic carbocycles. The molecule has 5 heteroatoms. The minimum Gasteiger partial charge on any atom is -0.486 e. The molecule has 0 radical (unpaired) electrons. The number of imidazole rings is 1. The Hall–Kier alpha value is -4.38. The second-order valence-corrected chi connectivity index (χ2v) is 14.9. The van der Waals surface area contributed by atoms with E-state index in [1.807, 2.05) is 12.5 Å². The van der Waals surface area contributed by atoms with Crippen molar-refractivity contribution in [2.24, 2.45) is 5.41 Å². The van der Waals surface area contributed by atoms with Crippen LogP contribution in [0.1, 0.15) is 76.1 Å². The van der Waals surface area contributed by atoms with Gasteiger partial charge in [-0.3, -0.25) is 0 Å². The van der Waals surface area contributed by atoms with Gasteiger partial charge in [-0.25, -0.2) is 9.97 Å². The van der Waals surface area contributed by atoms with Gasteiger partial charge in [-0.05, 0) is 95.0 Å². The summed E-state index contributed by atoms with van der Waals surface area (Å²) >= 11 is 0. The van der Waals surface area contributed by atoms with Crippen molar-refractivity contribution in [3.05, 3.63) is 119 Å². The molecule has 2 aromatic carbocycles. The zero-order valence-electron chi connectivity index (χ0n) is 27.8. The zero-order chi connectivity index (χ0) is 31.7. The summed E-state index contributed by atoms with van der Waals surface area (Å²) in [5.41, 5.74) is 10.9. The van der Waals surface area contributed by atoms with Gasteiger partial charge in [0, 0.05) is 30.3 Å². The van der Waals surface area contributed by atoms with E-state index in [0.29, 0.717) is 0 Å². The summed E-state index contributed by atoms with van der Waals surface area (Å²) in [5, 5.41) is 0. The fraction of sp³-hybridized carbons (Fsp3) is 0.350. The van der Waals surface area contributed by atoms with Gasteiger partial charge in [0.2, 0.25) is 0 Å². The monoisotopic (exact) mass is 596 g/mol. The summed E-state index contributed by atoms with van der Waals surface area (Å²) in [6.07, 6.45) is 18.1. The van der Waals surface area contributed by atoms with Crippen LogP contribution in [0.3, 0.4) is 0 Å². The molecule has 0 bridgehead atoms. The number of fused-ring (bicyclic) bond motifs is 4. The van der Waals surface area contributed by atoms with E-state index in [9.17, 15) is 0 Å². The van der Waals surface area contributed by atoms with E-state index in [-0.39, 0.29) is 28.9 Å². The van der Waals surface area contributed by atoms with Gasteiger partial charge >= 0.3 is 0 Å². The molecule has 0 spiro atoms. The quantitative estimate of drug-likeness (QED) is 0.235. The predicted octanol–water partition coefficient (Wildman–Crippen LogP) is 9.74. The second kappa shape index (κ2) is 10.6. The van der Waals surface area contributed by atoms with Crippen LogP contribution in [0.25, 0.3) is 16.7 Å². The highest BCUT2D eigenvalue weighted by Crippen LogP contribution is 2.49. The molecule has 0 amide bonds. The van der Waals surface area contributed by atoms with E-state index >= 15 is 0 Å². The first-order valence-corrected chi connectivity index (χ1v) is 16.2. The summed E-state index contributed by atoms with van der Waals surface area (Å²) < 4.78 is 9.12. The number of allylic oxidation sites excluding steroid dienone is 4. The highest BCUT2D eigenvalue weighted by atomic mass is 16.5. The maximum Gasteiger partial charge on any atom is 0.133 e. The van der Waals surface area contributed by atoms with Gasteiger partial charge in [0.25, 0.3) is 0 Å². The van der Waals surface area contributed by atoms with E-state index < -0.39 is 0 Å². The Morgan fingerprint density at radius 2 is 1.62 bits per heavy atom. The van der Waals surface area contributed by atoms with Crippen molar-refractivity contribution in [1.29, 1.82) is 0 Å². The lowest BCUT2D eigenvalue weighted by Crippen LogP contribution is -2.29. The summed E-state index contributed by atoms with van der Waals surface area (Å²) in [6, 6.07) is 15.6. The number of rotatable bonds is 4. The zero-order valence-corrected chi connectivity index (χ0v) is 27.8. The Morgan fingerprint density at radius 1 is 0.844 bits per heavy atom. The number of hydrogen-bond acceptors (Lipinski definition) is 4. The highest BCUT2D eigenvalue weighted by molar-refractivity contribution is 5.81. The number of hydrogen-bond donors (Lipinski definition) is 0. The van der Waals surface area contributed by atoms with Crippen LogP contribution in [0.4, 0.5) is 11.5 Å². The summed E-state index contributed by atoms with van der Waals surface area (Å²) in [6.45, 7) is 17.9. The predicted molar refractivity (Wildman–Crippen MR) is 186 cm³/mol.